The number of aliphatic hydroxyl groups excluding tert-OH is 1. The molecule has 1 amide bonds. The van der Waals surface area contributed by atoms with Crippen LogP contribution in [0.15, 0.2) is 42.2 Å². The van der Waals surface area contributed by atoms with Crippen molar-refractivity contribution in [3.05, 3.63) is 53.4 Å². The molecule has 0 spiro atoms. The second-order valence-electron chi connectivity index (χ2n) is 7.84. The van der Waals surface area contributed by atoms with E-state index in [1.807, 2.05) is 19.0 Å². The number of aliphatic hydroxyl groups is 1. The van der Waals surface area contributed by atoms with Gasteiger partial charge in [0.25, 0.3) is 11.7 Å². The summed E-state index contributed by atoms with van der Waals surface area (Å²) in [6.45, 7) is 1.06. The number of carbonyl (C=O) groups excluding carboxylic acids is 2. The summed E-state index contributed by atoms with van der Waals surface area (Å²) in [6.07, 6.45) is 3.67. The monoisotopic (exact) mass is 455 g/mol. The molecule has 0 bridgehead atoms. The van der Waals surface area contributed by atoms with Crippen molar-refractivity contribution in [3.63, 3.8) is 0 Å². The number of aromatic nitrogens is 1. The van der Waals surface area contributed by atoms with Gasteiger partial charge in [0.15, 0.2) is 11.5 Å². The summed E-state index contributed by atoms with van der Waals surface area (Å²) in [4.78, 5) is 33.6. The molecule has 0 aliphatic carbocycles. The fraction of sp³-hybridized carbons (Fsp3) is 0.375. The zero-order chi connectivity index (χ0) is 24.1. The number of benzene rings is 1. The summed E-state index contributed by atoms with van der Waals surface area (Å²) in [5.41, 5.74) is 0.961. The Morgan fingerprint density at radius 1 is 1.06 bits per heavy atom. The molecular weight excluding hydrogens is 426 g/mol. The maximum Gasteiger partial charge on any atom is 0.295 e. The van der Waals surface area contributed by atoms with Gasteiger partial charge < -0.3 is 29.1 Å². The average molecular weight is 456 g/mol. The van der Waals surface area contributed by atoms with Crippen molar-refractivity contribution in [2.45, 2.75) is 12.5 Å². The number of Topliss-reactive ketones (excluding diaryl/α,β-unsaturated/α-hetero) is 1. The van der Waals surface area contributed by atoms with Gasteiger partial charge in [-0.1, -0.05) is 0 Å². The van der Waals surface area contributed by atoms with Crippen LogP contribution in [0.4, 0.5) is 0 Å². The van der Waals surface area contributed by atoms with Crippen LogP contribution in [0.25, 0.3) is 5.76 Å². The summed E-state index contributed by atoms with van der Waals surface area (Å²) >= 11 is 0. The number of rotatable bonds is 9. The zero-order valence-corrected chi connectivity index (χ0v) is 19.5. The molecule has 1 N–H and O–H groups in total. The lowest BCUT2D eigenvalue weighted by atomic mass is 9.95. The molecule has 1 aliphatic heterocycles. The van der Waals surface area contributed by atoms with Crippen molar-refractivity contribution >= 4 is 17.4 Å². The molecule has 176 valence electrons. The molecule has 33 heavy (non-hydrogen) atoms. The van der Waals surface area contributed by atoms with Crippen molar-refractivity contribution in [2.75, 3.05) is 48.5 Å². The highest BCUT2D eigenvalue weighted by molar-refractivity contribution is 6.46. The van der Waals surface area contributed by atoms with E-state index in [4.69, 9.17) is 14.2 Å². The number of amides is 1. The van der Waals surface area contributed by atoms with Gasteiger partial charge in [-0.3, -0.25) is 14.6 Å². The Kier molecular flexibility index (Phi) is 7.55. The molecule has 2 heterocycles. The van der Waals surface area contributed by atoms with Gasteiger partial charge in [0.05, 0.1) is 32.9 Å². The molecule has 2 aromatic rings. The van der Waals surface area contributed by atoms with E-state index in [1.54, 1.807) is 24.3 Å². The van der Waals surface area contributed by atoms with E-state index < -0.39 is 17.7 Å². The number of hydrogen-bond acceptors (Lipinski definition) is 8. The SMILES string of the molecule is COc1cc([C@H]2/C(=C(\O)c3ccncc3)C(=O)C(=O)N2CCCN(C)C)cc(OC)c1OC. The number of pyridine rings is 1. The summed E-state index contributed by atoms with van der Waals surface area (Å²) in [5, 5.41) is 11.1. The molecule has 1 aromatic heterocycles. The average Bonchev–Trinajstić information content (AvgIpc) is 3.07. The first-order valence-corrected chi connectivity index (χ1v) is 10.5. The molecular formula is C24H29N3O6. The number of likely N-dealkylation sites (tertiary alicyclic amines) is 1. The minimum Gasteiger partial charge on any atom is -0.507 e. The molecule has 1 aliphatic rings. The Balaban J connectivity index is 2.20. The highest BCUT2D eigenvalue weighted by Gasteiger charge is 2.46. The topological polar surface area (TPSA) is 101 Å². The van der Waals surface area contributed by atoms with Gasteiger partial charge in [0.1, 0.15) is 5.76 Å². The lowest BCUT2D eigenvalue weighted by Crippen LogP contribution is -2.32. The molecule has 3 rings (SSSR count). The first-order valence-electron chi connectivity index (χ1n) is 10.5. The minimum atomic E-state index is -0.825. The van der Waals surface area contributed by atoms with Gasteiger partial charge in [-0.25, -0.2) is 0 Å². The first kappa shape index (κ1) is 24.1. The van der Waals surface area contributed by atoms with Crippen LogP contribution in [-0.2, 0) is 9.59 Å². The van der Waals surface area contributed by atoms with Crippen molar-refractivity contribution < 1.29 is 28.9 Å². The van der Waals surface area contributed by atoms with E-state index in [-0.39, 0.29) is 11.3 Å². The fourth-order valence-electron chi connectivity index (χ4n) is 3.94. The normalized spacial score (nSPS) is 17.5. The number of carbonyl (C=O) groups is 2. The highest BCUT2D eigenvalue weighted by Crippen LogP contribution is 2.45. The molecule has 0 unspecified atom stereocenters. The van der Waals surface area contributed by atoms with Gasteiger partial charge in [-0.2, -0.15) is 0 Å². The van der Waals surface area contributed by atoms with Crippen LogP contribution in [-0.4, -0.2) is 80.1 Å². The van der Waals surface area contributed by atoms with Crippen molar-refractivity contribution in [3.8, 4) is 17.2 Å². The van der Waals surface area contributed by atoms with Crippen LogP contribution in [0.5, 0.6) is 17.2 Å². The molecule has 0 radical (unpaired) electrons. The number of ketones is 1. The van der Waals surface area contributed by atoms with Gasteiger partial charge >= 0.3 is 0 Å². The predicted octanol–water partition coefficient (Wildman–Crippen LogP) is 2.48. The fourth-order valence-corrected chi connectivity index (χ4v) is 3.94. The van der Waals surface area contributed by atoms with E-state index in [0.29, 0.717) is 41.3 Å². The lowest BCUT2D eigenvalue weighted by molar-refractivity contribution is -0.139. The summed E-state index contributed by atoms with van der Waals surface area (Å²) in [6, 6.07) is 5.73. The van der Waals surface area contributed by atoms with Crippen LogP contribution >= 0.6 is 0 Å². The van der Waals surface area contributed by atoms with E-state index in [9.17, 15) is 14.7 Å². The third kappa shape index (κ3) is 4.78. The summed E-state index contributed by atoms with van der Waals surface area (Å²) in [5.74, 6) is -0.507. The maximum absolute atomic E-state index is 13.1. The van der Waals surface area contributed by atoms with E-state index in [2.05, 4.69) is 4.98 Å². The Morgan fingerprint density at radius 2 is 1.67 bits per heavy atom. The van der Waals surface area contributed by atoms with Gasteiger partial charge in [-0.15, -0.1) is 0 Å². The summed E-state index contributed by atoms with van der Waals surface area (Å²) < 4.78 is 16.4. The maximum atomic E-state index is 13.1. The molecule has 9 nitrogen and oxygen atoms in total. The number of nitrogens with zero attached hydrogens (tertiary/aromatic N) is 3. The molecule has 1 atom stereocenters. The molecule has 1 aromatic carbocycles. The Bertz CT molecular complexity index is 1030. The van der Waals surface area contributed by atoms with Crippen molar-refractivity contribution in [1.82, 2.24) is 14.8 Å². The first-order chi connectivity index (χ1) is 15.8. The molecule has 0 saturated carbocycles. The zero-order valence-electron chi connectivity index (χ0n) is 19.5. The van der Waals surface area contributed by atoms with Crippen molar-refractivity contribution in [2.24, 2.45) is 0 Å². The second-order valence-corrected chi connectivity index (χ2v) is 7.84. The second kappa shape index (κ2) is 10.4. The minimum absolute atomic E-state index is 0.00493. The van der Waals surface area contributed by atoms with Crippen LogP contribution in [0.3, 0.4) is 0 Å². The van der Waals surface area contributed by atoms with Gasteiger partial charge in [0, 0.05) is 24.5 Å². The van der Waals surface area contributed by atoms with Crippen LogP contribution < -0.4 is 14.2 Å². The van der Waals surface area contributed by atoms with Gasteiger partial charge in [0.2, 0.25) is 5.75 Å². The van der Waals surface area contributed by atoms with E-state index >= 15 is 0 Å². The third-order valence-corrected chi connectivity index (χ3v) is 5.50. The van der Waals surface area contributed by atoms with Crippen LogP contribution in [0.2, 0.25) is 0 Å². The smallest absolute Gasteiger partial charge is 0.295 e. The Morgan fingerprint density at radius 3 is 2.18 bits per heavy atom. The number of ether oxygens (including phenoxy) is 3. The number of methoxy groups -OCH3 is 3. The van der Waals surface area contributed by atoms with Gasteiger partial charge in [-0.05, 0) is 56.9 Å². The standard InChI is InChI=1S/C24H29N3O6/c1-26(2)11-6-12-27-20(16-13-17(31-3)23(33-5)18(14-16)32-4)19(22(29)24(27)30)21(28)15-7-9-25-10-8-15/h7-10,13-14,20,28H,6,11-12H2,1-5H3/b21-19+/t20-/m0/s1. The molecule has 1 saturated heterocycles. The Labute approximate surface area is 193 Å². The van der Waals surface area contributed by atoms with Crippen LogP contribution in [0.1, 0.15) is 23.6 Å². The number of hydrogen-bond donors (Lipinski definition) is 1. The third-order valence-electron chi connectivity index (χ3n) is 5.50. The lowest BCUT2D eigenvalue weighted by Gasteiger charge is -2.27. The largest absolute Gasteiger partial charge is 0.507 e. The molecule has 1 fully saturated rings. The summed E-state index contributed by atoms with van der Waals surface area (Å²) in [7, 11) is 8.36. The van der Waals surface area contributed by atoms with Crippen LogP contribution in [0, 0.1) is 0 Å². The van der Waals surface area contributed by atoms with Crippen molar-refractivity contribution in [1.29, 1.82) is 0 Å². The highest BCUT2D eigenvalue weighted by atomic mass is 16.5. The Hall–Kier alpha value is -3.59. The van der Waals surface area contributed by atoms with E-state index in [0.717, 1.165) is 6.54 Å². The quantitative estimate of drug-likeness (QED) is 0.350. The predicted molar refractivity (Wildman–Crippen MR) is 123 cm³/mol. The molecule has 9 heteroatoms. The van der Waals surface area contributed by atoms with E-state index in [1.165, 1.54) is 38.6 Å².